The van der Waals surface area contributed by atoms with E-state index in [0.717, 1.165) is 18.3 Å². The molecular weight excluding hydrogens is 401 g/mol. The second-order valence-corrected chi connectivity index (χ2v) is 6.51. The zero-order chi connectivity index (χ0) is 20.5. The molecule has 0 unspecified atom stereocenters. The zero-order valence-corrected chi connectivity index (χ0v) is 15.1. The predicted octanol–water partition coefficient (Wildman–Crippen LogP) is 3.62. The van der Waals surface area contributed by atoms with Gasteiger partial charge in [-0.3, -0.25) is 14.9 Å². The van der Waals surface area contributed by atoms with Crippen LogP contribution in [0.25, 0.3) is 0 Å². The van der Waals surface area contributed by atoms with E-state index in [1.807, 2.05) is 0 Å². The molecule has 148 valence electrons. The highest BCUT2D eigenvalue weighted by Gasteiger charge is 2.31. The first kappa shape index (κ1) is 19.9. The average Bonchev–Trinajstić information content (AvgIpc) is 2.67. The summed E-state index contributed by atoms with van der Waals surface area (Å²) in [5.74, 6) is 0.0355. The van der Waals surface area contributed by atoms with Crippen LogP contribution in [0.3, 0.4) is 0 Å². The summed E-state index contributed by atoms with van der Waals surface area (Å²) in [6.45, 7) is 1.40. The van der Waals surface area contributed by atoms with Crippen LogP contribution in [0.2, 0.25) is 5.02 Å². The zero-order valence-electron chi connectivity index (χ0n) is 14.3. The number of alkyl halides is 3. The third-order valence-electron chi connectivity index (χ3n) is 4.36. The van der Waals surface area contributed by atoms with Gasteiger partial charge in [-0.05, 0) is 18.2 Å². The summed E-state index contributed by atoms with van der Waals surface area (Å²) in [4.78, 5) is 29.9. The third-order valence-corrected chi connectivity index (χ3v) is 4.67. The number of hydrogen-bond acceptors (Lipinski definition) is 5. The van der Waals surface area contributed by atoms with Crippen molar-refractivity contribution < 1.29 is 22.9 Å². The van der Waals surface area contributed by atoms with Crippen LogP contribution < -0.4 is 4.90 Å². The van der Waals surface area contributed by atoms with Crippen molar-refractivity contribution in [1.29, 1.82) is 0 Å². The fourth-order valence-electron chi connectivity index (χ4n) is 2.84. The number of rotatable bonds is 3. The summed E-state index contributed by atoms with van der Waals surface area (Å²) < 4.78 is 37.9. The topological polar surface area (TPSA) is 79.6 Å². The van der Waals surface area contributed by atoms with Gasteiger partial charge in [-0.25, -0.2) is 4.98 Å². The highest BCUT2D eigenvalue weighted by atomic mass is 35.5. The quantitative estimate of drug-likeness (QED) is 0.566. The van der Waals surface area contributed by atoms with Crippen LogP contribution in [-0.4, -0.2) is 46.9 Å². The summed E-state index contributed by atoms with van der Waals surface area (Å²) in [5.41, 5.74) is -0.869. The summed E-state index contributed by atoms with van der Waals surface area (Å²) in [7, 11) is 0. The van der Waals surface area contributed by atoms with Crippen molar-refractivity contribution in [3.8, 4) is 0 Å². The Morgan fingerprint density at radius 1 is 1.14 bits per heavy atom. The lowest BCUT2D eigenvalue weighted by atomic mass is 10.1. The summed E-state index contributed by atoms with van der Waals surface area (Å²) in [6.07, 6.45) is -3.66. The summed E-state index contributed by atoms with van der Waals surface area (Å²) >= 11 is 6.00. The summed E-state index contributed by atoms with van der Waals surface area (Å²) in [6, 6.07) is 5.91. The van der Waals surface area contributed by atoms with Crippen molar-refractivity contribution in [3.63, 3.8) is 0 Å². The van der Waals surface area contributed by atoms with Gasteiger partial charge in [0, 0.05) is 44.5 Å². The molecule has 2 heterocycles. The molecule has 1 aliphatic rings. The first-order chi connectivity index (χ1) is 13.2. The Hall–Kier alpha value is -2.88. The lowest BCUT2D eigenvalue weighted by molar-refractivity contribution is -0.384. The molecule has 7 nitrogen and oxygen atoms in total. The average molecular weight is 415 g/mol. The summed E-state index contributed by atoms with van der Waals surface area (Å²) in [5, 5.41) is 10.8. The van der Waals surface area contributed by atoms with Crippen LogP contribution in [0.15, 0.2) is 36.5 Å². The Balaban J connectivity index is 1.65. The smallest absolute Gasteiger partial charge is 0.353 e. The van der Waals surface area contributed by atoms with Crippen molar-refractivity contribution in [3.05, 3.63) is 62.8 Å². The number of piperazine rings is 1. The number of anilines is 1. The van der Waals surface area contributed by atoms with Crippen molar-refractivity contribution >= 4 is 29.0 Å². The van der Waals surface area contributed by atoms with Gasteiger partial charge in [-0.15, -0.1) is 0 Å². The minimum Gasteiger partial charge on any atom is -0.353 e. The van der Waals surface area contributed by atoms with Crippen molar-refractivity contribution in [2.45, 2.75) is 6.18 Å². The minimum absolute atomic E-state index is 0.00830. The molecule has 28 heavy (non-hydrogen) atoms. The standard InChI is InChI=1S/C17H14ClF3N4O3/c18-14-9-12(25(27)28)2-3-13(14)16(26)24-7-5-23(6-8-24)15-4-1-11(10-22-15)17(19,20)21/h1-4,9-10H,5-8H2. The highest BCUT2D eigenvalue weighted by Crippen LogP contribution is 2.29. The minimum atomic E-state index is -4.44. The van der Waals surface area contributed by atoms with Gasteiger partial charge < -0.3 is 9.80 Å². The number of benzene rings is 1. The molecule has 1 saturated heterocycles. The Morgan fingerprint density at radius 2 is 1.82 bits per heavy atom. The number of aromatic nitrogens is 1. The van der Waals surface area contributed by atoms with E-state index in [9.17, 15) is 28.1 Å². The fourth-order valence-corrected chi connectivity index (χ4v) is 3.10. The van der Waals surface area contributed by atoms with Crippen molar-refractivity contribution in [1.82, 2.24) is 9.88 Å². The van der Waals surface area contributed by atoms with E-state index in [2.05, 4.69) is 4.98 Å². The fraction of sp³-hybridized carbons (Fsp3) is 0.294. The van der Waals surface area contributed by atoms with Gasteiger partial charge in [0.05, 0.1) is 21.1 Å². The second-order valence-electron chi connectivity index (χ2n) is 6.10. The molecule has 1 aromatic heterocycles. The number of amides is 1. The Labute approximate surface area is 162 Å². The van der Waals surface area contributed by atoms with Crippen molar-refractivity contribution in [2.24, 2.45) is 0 Å². The molecule has 2 aromatic rings. The van der Waals surface area contributed by atoms with E-state index in [-0.39, 0.29) is 22.2 Å². The van der Waals surface area contributed by atoms with Crippen LogP contribution >= 0.6 is 11.6 Å². The van der Waals surface area contributed by atoms with E-state index in [1.54, 1.807) is 4.90 Å². The Kier molecular flexibility index (Phi) is 5.41. The van der Waals surface area contributed by atoms with Gasteiger partial charge in [0.15, 0.2) is 0 Å². The number of carbonyl (C=O) groups excluding carboxylic acids is 1. The molecule has 0 radical (unpaired) electrons. The molecule has 0 atom stereocenters. The van der Waals surface area contributed by atoms with Gasteiger partial charge in [0.1, 0.15) is 5.82 Å². The molecule has 0 bridgehead atoms. The largest absolute Gasteiger partial charge is 0.417 e. The lowest BCUT2D eigenvalue weighted by Gasteiger charge is -2.35. The SMILES string of the molecule is O=C(c1ccc([N+](=O)[O-])cc1Cl)N1CCN(c2ccc(C(F)(F)F)cn2)CC1. The second kappa shape index (κ2) is 7.63. The van der Waals surface area contributed by atoms with Crippen LogP contribution in [0.4, 0.5) is 24.7 Å². The molecular formula is C17H14ClF3N4O3. The highest BCUT2D eigenvalue weighted by molar-refractivity contribution is 6.34. The Bertz CT molecular complexity index is 898. The number of nitrogens with zero attached hydrogens (tertiary/aromatic N) is 4. The molecule has 3 rings (SSSR count). The normalized spacial score (nSPS) is 14.9. The van der Waals surface area contributed by atoms with E-state index in [0.29, 0.717) is 32.0 Å². The van der Waals surface area contributed by atoms with Crippen LogP contribution in [0.5, 0.6) is 0 Å². The number of hydrogen-bond donors (Lipinski definition) is 0. The number of nitro benzene ring substituents is 1. The molecule has 1 aliphatic heterocycles. The molecule has 1 fully saturated rings. The van der Waals surface area contributed by atoms with E-state index >= 15 is 0 Å². The molecule has 0 spiro atoms. The predicted molar refractivity (Wildman–Crippen MR) is 95.5 cm³/mol. The number of nitro groups is 1. The third kappa shape index (κ3) is 4.16. The maximum absolute atomic E-state index is 12.6. The monoisotopic (exact) mass is 414 g/mol. The molecule has 1 aromatic carbocycles. The number of pyridine rings is 1. The number of carbonyl (C=O) groups is 1. The van der Waals surface area contributed by atoms with Gasteiger partial charge in [-0.2, -0.15) is 13.2 Å². The van der Waals surface area contributed by atoms with E-state index in [4.69, 9.17) is 11.6 Å². The molecule has 0 N–H and O–H groups in total. The molecule has 11 heteroatoms. The van der Waals surface area contributed by atoms with Crippen LogP contribution in [-0.2, 0) is 6.18 Å². The van der Waals surface area contributed by atoms with Crippen LogP contribution in [0, 0.1) is 10.1 Å². The first-order valence-corrected chi connectivity index (χ1v) is 8.56. The van der Waals surface area contributed by atoms with E-state index < -0.39 is 16.7 Å². The lowest BCUT2D eigenvalue weighted by Crippen LogP contribution is -2.49. The molecule has 0 aliphatic carbocycles. The van der Waals surface area contributed by atoms with Crippen LogP contribution in [0.1, 0.15) is 15.9 Å². The maximum atomic E-state index is 12.6. The van der Waals surface area contributed by atoms with Gasteiger partial charge >= 0.3 is 6.18 Å². The van der Waals surface area contributed by atoms with Gasteiger partial charge in [-0.1, -0.05) is 11.6 Å². The Morgan fingerprint density at radius 3 is 2.32 bits per heavy atom. The molecule has 1 amide bonds. The number of non-ortho nitro benzene ring substituents is 1. The van der Waals surface area contributed by atoms with Gasteiger partial charge in [0.2, 0.25) is 0 Å². The maximum Gasteiger partial charge on any atom is 0.417 e. The number of halogens is 4. The first-order valence-electron chi connectivity index (χ1n) is 8.18. The van der Waals surface area contributed by atoms with Gasteiger partial charge in [0.25, 0.3) is 11.6 Å². The van der Waals surface area contributed by atoms with E-state index in [1.165, 1.54) is 23.1 Å². The van der Waals surface area contributed by atoms with Crippen molar-refractivity contribution in [2.75, 3.05) is 31.1 Å². The molecule has 0 saturated carbocycles.